The van der Waals surface area contributed by atoms with Gasteiger partial charge in [-0.2, -0.15) is 5.10 Å². The van der Waals surface area contributed by atoms with Gasteiger partial charge in [-0.25, -0.2) is 4.39 Å². The predicted molar refractivity (Wildman–Crippen MR) is 193 cm³/mol. The molecule has 2 N–H and O–H groups in total. The second-order valence-corrected chi connectivity index (χ2v) is 14.3. The van der Waals surface area contributed by atoms with Gasteiger partial charge in [0.05, 0.1) is 41.5 Å². The number of nitrogens with one attached hydrogen (secondary N) is 2. The number of hydrogen-bond donors (Lipinski definition) is 2. The van der Waals surface area contributed by atoms with Gasteiger partial charge in [-0.05, 0) is 105 Å². The molecular weight excluding hydrogens is 627 g/mol. The Morgan fingerprint density at radius 2 is 1.72 bits per heavy atom. The highest BCUT2D eigenvalue weighted by Gasteiger charge is 2.50. The maximum absolute atomic E-state index is 15.4. The Kier molecular flexibility index (Phi) is 8.81. The summed E-state index contributed by atoms with van der Waals surface area (Å²) in [6, 6.07) is 24.5. The smallest absolute Gasteiger partial charge is 0.257 e. The van der Waals surface area contributed by atoms with E-state index in [1.165, 1.54) is 18.9 Å². The fraction of sp³-hybridized carbons (Fsp3) is 0.366. The first-order chi connectivity index (χ1) is 24.4. The van der Waals surface area contributed by atoms with E-state index in [0.29, 0.717) is 30.3 Å². The number of fused-ring (bicyclic) bond motifs is 2. The van der Waals surface area contributed by atoms with Gasteiger partial charge in [0.15, 0.2) is 0 Å². The van der Waals surface area contributed by atoms with E-state index >= 15 is 4.39 Å². The predicted octanol–water partition coefficient (Wildman–Crippen LogP) is 8.29. The molecule has 3 aliphatic rings. The average molecular weight is 671 g/mol. The van der Waals surface area contributed by atoms with E-state index in [1.807, 2.05) is 58.1 Å². The van der Waals surface area contributed by atoms with Crippen molar-refractivity contribution in [1.82, 2.24) is 19.7 Å². The number of hydrogen-bond acceptors (Lipinski definition) is 5. The minimum atomic E-state index is -0.550. The molecule has 3 fully saturated rings. The first kappa shape index (κ1) is 32.2. The number of nitrogens with zero attached hydrogens (tertiary/aromatic N) is 4. The van der Waals surface area contributed by atoms with E-state index in [2.05, 4.69) is 32.8 Å². The number of anilines is 2. The van der Waals surface area contributed by atoms with Crippen molar-refractivity contribution in [3.05, 3.63) is 119 Å². The van der Waals surface area contributed by atoms with Gasteiger partial charge in [0.1, 0.15) is 5.82 Å². The van der Waals surface area contributed by atoms with E-state index in [-0.39, 0.29) is 29.3 Å². The lowest BCUT2D eigenvalue weighted by Crippen LogP contribution is -2.54. The Morgan fingerprint density at radius 1 is 0.900 bits per heavy atom. The number of halogens is 1. The Labute approximate surface area is 292 Å². The highest BCUT2D eigenvalue weighted by molar-refractivity contribution is 5.99. The first-order valence-electron chi connectivity index (χ1n) is 18.0. The lowest BCUT2D eigenvalue weighted by molar-refractivity contribution is -0.125. The van der Waals surface area contributed by atoms with Crippen LogP contribution in [0.3, 0.4) is 0 Å². The summed E-state index contributed by atoms with van der Waals surface area (Å²) in [4.78, 5) is 35.4. The van der Waals surface area contributed by atoms with Crippen LogP contribution in [0, 0.1) is 24.6 Å². The Balaban J connectivity index is 1.12. The zero-order valence-corrected chi connectivity index (χ0v) is 28.4. The van der Waals surface area contributed by atoms with E-state index in [9.17, 15) is 9.59 Å². The minimum Gasteiger partial charge on any atom is -0.382 e. The molecule has 0 bridgehead atoms. The molecule has 50 heavy (non-hydrogen) atoms. The quantitative estimate of drug-likeness (QED) is 0.173. The minimum absolute atomic E-state index is 0.0619. The Morgan fingerprint density at radius 3 is 2.50 bits per heavy atom. The molecule has 0 radical (unpaired) electrons. The molecule has 256 valence electrons. The van der Waals surface area contributed by atoms with E-state index in [4.69, 9.17) is 0 Å². The maximum Gasteiger partial charge on any atom is 0.257 e. The molecule has 5 aromatic rings. The number of carbonyl (C=O) groups excluding carboxylic acids is 2. The second-order valence-electron chi connectivity index (χ2n) is 14.3. The van der Waals surface area contributed by atoms with Gasteiger partial charge in [-0.15, -0.1) is 0 Å². The number of amides is 2. The van der Waals surface area contributed by atoms with Gasteiger partial charge in [-0.1, -0.05) is 49.6 Å². The van der Waals surface area contributed by atoms with Gasteiger partial charge in [-0.3, -0.25) is 19.3 Å². The third-order valence-corrected chi connectivity index (χ3v) is 11.1. The SMILES string of the molecule is Cc1cccc(F)c1C(=O)N1C2CCCC2CC(C(=O)Nc2ccc3c(cnn3Cc3ccccn3)c2)C1c1ccc(NC2CCCC2)cc1. The van der Waals surface area contributed by atoms with Crippen LogP contribution in [0.2, 0.25) is 0 Å². The largest absolute Gasteiger partial charge is 0.382 e. The summed E-state index contributed by atoms with van der Waals surface area (Å²) in [6.07, 6.45) is 11.8. The van der Waals surface area contributed by atoms with Gasteiger partial charge >= 0.3 is 0 Å². The molecule has 1 saturated heterocycles. The highest BCUT2D eigenvalue weighted by atomic mass is 19.1. The maximum atomic E-state index is 15.4. The van der Waals surface area contributed by atoms with Crippen molar-refractivity contribution in [3.63, 3.8) is 0 Å². The van der Waals surface area contributed by atoms with Crippen LogP contribution in [0.4, 0.5) is 15.8 Å². The molecule has 2 saturated carbocycles. The number of piperidine rings is 1. The summed E-state index contributed by atoms with van der Waals surface area (Å²) < 4.78 is 17.3. The molecule has 0 spiro atoms. The summed E-state index contributed by atoms with van der Waals surface area (Å²) in [5.41, 5.74) is 5.15. The van der Waals surface area contributed by atoms with Crippen LogP contribution in [-0.2, 0) is 11.3 Å². The molecule has 2 aromatic heterocycles. The van der Waals surface area contributed by atoms with Crippen molar-refractivity contribution in [2.24, 2.45) is 11.8 Å². The summed E-state index contributed by atoms with van der Waals surface area (Å²) >= 11 is 0. The molecule has 3 aromatic carbocycles. The molecule has 1 aliphatic heterocycles. The molecular formula is C41H43FN6O2. The van der Waals surface area contributed by atoms with Crippen LogP contribution in [0.25, 0.3) is 10.9 Å². The van der Waals surface area contributed by atoms with Crippen molar-refractivity contribution in [2.75, 3.05) is 10.6 Å². The van der Waals surface area contributed by atoms with Crippen molar-refractivity contribution in [1.29, 1.82) is 0 Å². The van der Waals surface area contributed by atoms with Crippen LogP contribution in [-0.4, -0.2) is 43.6 Å². The van der Waals surface area contributed by atoms with Crippen LogP contribution < -0.4 is 10.6 Å². The molecule has 8 nitrogen and oxygen atoms in total. The van der Waals surface area contributed by atoms with E-state index in [1.54, 1.807) is 31.5 Å². The number of pyridine rings is 1. The third-order valence-electron chi connectivity index (χ3n) is 11.1. The molecule has 9 heteroatoms. The van der Waals surface area contributed by atoms with Crippen molar-refractivity contribution >= 4 is 34.1 Å². The number of aryl methyl sites for hydroxylation is 1. The second kappa shape index (κ2) is 13.7. The standard InChI is InChI=1S/C41H43FN6O2/c1-26-8-6-13-35(42)38(26)41(50)48-37-14-7-9-28(37)23-34(39(48)27-15-17-31(18-16-27)45-30-10-2-3-11-30)40(49)46-32-19-20-36-29(22-32)24-44-47(36)25-33-12-4-5-21-43-33/h4-6,8,12-13,15-22,24,28,30,34,37,39,45H,2-3,7,9-11,14,23,25H2,1H3,(H,46,49). The molecule has 2 amide bonds. The summed E-state index contributed by atoms with van der Waals surface area (Å²) in [5, 5.41) is 12.4. The van der Waals surface area contributed by atoms with Crippen molar-refractivity contribution in [3.8, 4) is 0 Å². The number of rotatable bonds is 8. The van der Waals surface area contributed by atoms with Gasteiger partial charge < -0.3 is 15.5 Å². The van der Waals surface area contributed by atoms with Gasteiger partial charge in [0.25, 0.3) is 5.91 Å². The van der Waals surface area contributed by atoms with E-state index in [0.717, 1.165) is 60.0 Å². The van der Waals surface area contributed by atoms with Crippen LogP contribution in [0.5, 0.6) is 0 Å². The first-order valence-corrected chi connectivity index (χ1v) is 18.0. The Hall–Kier alpha value is -5.05. The summed E-state index contributed by atoms with van der Waals surface area (Å²) in [7, 11) is 0. The summed E-state index contributed by atoms with van der Waals surface area (Å²) in [6.45, 7) is 2.33. The van der Waals surface area contributed by atoms with E-state index < -0.39 is 17.8 Å². The Bertz CT molecular complexity index is 1980. The number of aromatic nitrogens is 3. The lowest BCUT2D eigenvalue weighted by atomic mass is 9.76. The average Bonchev–Trinajstić information content (AvgIpc) is 3.90. The zero-order chi connectivity index (χ0) is 34.2. The van der Waals surface area contributed by atoms with Crippen molar-refractivity contribution in [2.45, 2.75) is 83.0 Å². The lowest BCUT2D eigenvalue weighted by Gasteiger charge is -2.48. The van der Waals surface area contributed by atoms with Crippen molar-refractivity contribution < 1.29 is 14.0 Å². The number of carbonyl (C=O) groups is 2. The fourth-order valence-electron chi connectivity index (χ4n) is 8.72. The molecule has 8 rings (SSSR count). The van der Waals surface area contributed by atoms with Crippen LogP contribution in [0.1, 0.15) is 84.6 Å². The van der Waals surface area contributed by atoms with Gasteiger partial charge in [0.2, 0.25) is 5.91 Å². The molecule has 3 heterocycles. The summed E-state index contributed by atoms with van der Waals surface area (Å²) in [5.74, 6) is -1.37. The van der Waals surface area contributed by atoms with Gasteiger partial charge in [0, 0.05) is 35.0 Å². The third kappa shape index (κ3) is 6.25. The normalized spacial score (nSPS) is 22.1. The number of likely N-dealkylation sites (tertiary alicyclic amines) is 1. The highest BCUT2D eigenvalue weighted by Crippen LogP contribution is 2.49. The van der Waals surface area contributed by atoms with Crippen LogP contribution >= 0.6 is 0 Å². The molecule has 4 unspecified atom stereocenters. The van der Waals surface area contributed by atoms with Crippen LogP contribution in [0.15, 0.2) is 91.3 Å². The molecule has 2 aliphatic carbocycles. The fourth-order valence-corrected chi connectivity index (χ4v) is 8.72. The number of benzene rings is 3. The zero-order valence-electron chi connectivity index (χ0n) is 28.4. The molecule has 4 atom stereocenters. The topological polar surface area (TPSA) is 92.2 Å². The monoisotopic (exact) mass is 670 g/mol.